The molecule has 108 valence electrons. The second-order valence-electron chi connectivity index (χ2n) is 4.80. The smallest absolute Gasteiger partial charge is 0.408 e. The SMILES string of the molecule is Cn1c(=O)oc2cc(C(N)c3cc(Cl)ccc3I)ccc21. The zero-order chi connectivity index (χ0) is 15.1. The Labute approximate surface area is 139 Å². The molecule has 1 heterocycles. The molecular weight excluding hydrogens is 403 g/mol. The highest BCUT2D eigenvalue weighted by atomic mass is 127. The van der Waals surface area contributed by atoms with E-state index in [4.69, 9.17) is 21.8 Å². The fourth-order valence-corrected chi connectivity index (χ4v) is 3.13. The van der Waals surface area contributed by atoms with Gasteiger partial charge in [-0.25, -0.2) is 4.79 Å². The van der Waals surface area contributed by atoms with Crippen molar-refractivity contribution < 1.29 is 4.42 Å². The molecule has 0 amide bonds. The van der Waals surface area contributed by atoms with Gasteiger partial charge in [0.1, 0.15) is 0 Å². The van der Waals surface area contributed by atoms with Crippen LogP contribution in [-0.2, 0) is 7.05 Å². The van der Waals surface area contributed by atoms with Crippen molar-refractivity contribution in [2.24, 2.45) is 12.8 Å². The average Bonchev–Trinajstić information content (AvgIpc) is 2.75. The Balaban J connectivity index is 2.11. The summed E-state index contributed by atoms with van der Waals surface area (Å²) in [5.74, 6) is -0.381. The van der Waals surface area contributed by atoms with Crippen LogP contribution in [0.3, 0.4) is 0 Å². The fourth-order valence-electron chi connectivity index (χ4n) is 2.28. The highest BCUT2D eigenvalue weighted by Crippen LogP contribution is 2.28. The molecule has 3 aromatic rings. The Hall–Kier alpha value is -1.31. The first-order valence-corrected chi connectivity index (χ1v) is 7.73. The van der Waals surface area contributed by atoms with Crippen molar-refractivity contribution in [1.82, 2.24) is 4.57 Å². The molecule has 1 unspecified atom stereocenters. The molecule has 0 aliphatic heterocycles. The van der Waals surface area contributed by atoms with Crippen molar-refractivity contribution in [2.45, 2.75) is 6.04 Å². The van der Waals surface area contributed by atoms with Gasteiger partial charge in [0.2, 0.25) is 0 Å². The molecule has 3 rings (SSSR count). The predicted octanol–water partition coefficient (Wildman–Crippen LogP) is 3.44. The van der Waals surface area contributed by atoms with E-state index in [1.165, 1.54) is 4.57 Å². The molecule has 0 bridgehead atoms. The summed E-state index contributed by atoms with van der Waals surface area (Å²) in [4.78, 5) is 11.5. The van der Waals surface area contributed by atoms with E-state index >= 15 is 0 Å². The summed E-state index contributed by atoms with van der Waals surface area (Å²) < 4.78 is 7.71. The molecule has 6 heteroatoms. The third kappa shape index (κ3) is 2.61. The van der Waals surface area contributed by atoms with E-state index in [1.807, 2.05) is 30.3 Å². The summed E-state index contributed by atoms with van der Waals surface area (Å²) in [5, 5.41) is 0.646. The first-order chi connectivity index (χ1) is 9.97. The van der Waals surface area contributed by atoms with Crippen LogP contribution in [0.25, 0.3) is 11.1 Å². The van der Waals surface area contributed by atoms with Crippen LogP contribution in [0, 0.1) is 3.57 Å². The van der Waals surface area contributed by atoms with Crippen molar-refractivity contribution in [2.75, 3.05) is 0 Å². The molecule has 1 atom stereocenters. The quantitative estimate of drug-likeness (QED) is 0.654. The van der Waals surface area contributed by atoms with Crippen LogP contribution in [0.1, 0.15) is 17.2 Å². The molecular formula is C15H12ClIN2O2. The molecule has 0 aliphatic rings. The molecule has 2 N–H and O–H groups in total. The van der Waals surface area contributed by atoms with Crippen LogP contribution in [0.4, 0.5) is 0 Å². The van der Waals surface area contributed by atoms with Crippen molar-refractivity contribution in [1.29, 1.82) is 0 Å². The lowest BCUT2D eigenvalue weighted by Gasteiger charge is -2.14. The first-order valence-electron chi connectivity index (χ1n) is 6.27. The molecule has 1 aromatic heterocycles. The van der Waals surface area contributed by atoms with Crippen molar-refractivity contribution in [3.63, 3.8) is 0 Å². The van der Waals surface area contributed by atoms with Crippen molar-refractivity contribution >= 4 is 45.3 Å². The van der Waals surface area contributed by atoms with Gasteiger partial charge in [0, 0.05) is 15.6 Å². The predicted molar refractivity (Wildman–Crippen MR) is 91.7 cm³/mol. The van der Waals surface area contributed by atoms with Gasteiger partial charge in [-0.05, 0) is 64.0 Å². The number of rotatable bonds is 2. The number of halogens is 2. The number of hydrogen-bond acceptors (Lipinski definition) is 3. The minimum absolute atomic E-state index is 0.328. The highest BCUT2D eigenvalue weighted by Gasteiger charge is 2.15. The van der Waals surface area contributed by atoms with Crippen LogP contribution in [0.15, 0.2) is 45.6 Å². The van der Waals surface area contributed by atoms with Gasteiger partial charge >= 0.3 is 5.76 Å². The minimum Gasteiger partial charge on any atom is -0.408 e. The van der Waals surface area contributed by atoms with Gasteiger partial charge < -0.3 is 10.2 Å². The Morgan fingerprint density at radius 3 is 2.81 bits per heavy atom. The molecule has 0 fully saturated rings. The largest absolute Gasteiger partial charge is 0.419 e. The van der Waals surface area contributed by atoms with Crippen LogP contribution in [0.2, 0.25) is 5.02 Å². The minimum atomic E-state index is -0.381. The van der Waals surface area contributed by atoms with Crippen LogP contribution in [-0.4, -0.2) is 4.57 Å². The van der Waals surface area contributed by atoms with Gasteiger partial charge in [-0.15, -0.1) is 0 Å². The van der Waals surface area contributed by atoms with Crippen LogP contribution in [0.5, 0.6) is 0 Å². The number of benzene rings is 2. The third-order valence-corrected chi connectivity index (χ3v) is 4.69. The molecule has 0 saturated carbocycles. The van der Waals surface area contributed by atoms with Crippen LogP contribution >= 0.6 is 34.2 Å². The molecule has 0 spiro atoms. The van der Waals surface area contributed by atoms with Crippen LogP contribution < -0.4 is 11.5 Å². The second kappa shape index (κ2) is 5.47. The standard InChI is InChI=1S/C15H12ClIN2O2/c1-19-12-5-2-8(6-13(12)21-15(19)20)14(18)10-7-9(16)3-4-11(10)17/h2-7,14H,18H2,1H3. The monoisotopic (exact) mass is 414 g/mol. The lowest BCUT2D eigenvalue weighted by molar-refractivity contribution is 0.527. The van der Waals surface area contributed by atoms with E-state index in [-0.39, 0.29) is 11.8 Å². The lowest BCUT2D eigenvalue weighted by atomic mass is 9.99. The maximum atomic E-state index is 11.5. The van der Waals surface area contributed by atoms with E-state index in [0.717, 1.165) is 20.2 Å². The number of oxazole rings is 1. The Bertz CT molecular complexity index is 885. The summed E-state index contributed by atoms with van der Waals surface area (Å²) in [7, 11) is 1.67. The summed E-state index contributed by atoms with van der Waals surface area (Å²) in [6, 6.07) is 10.8. The summed E-state index contributed by atoms with van der Waals surface area (Å²) in [5.41, 5.74) is 9.43. The maximum Gasteiger partial charge on any atom is 0.419 e. The van der Waals surface area contributed by atoms with Gasteiger partial charge in [-0.2, -0.15) is 0 Å². The third-order valence-electron chi connectivity index (χ3n) is 3.47. The summed E-state index contributed by atoms with van der Waals surface area (Å²) >= 11 is 8.28. The first kappa shape index (κ1) is 14.6. The molecule has 0 radical (unpaired) electrons. The molecule has 2 aromatic carbocycles. The van der Waals surface area contributed by atoms with E-state index in [0.29, 0.717) is 10.6 Å². The lowest BCUT2D eigenvalue weighted by Crippen LogP contribution is -2.13. The van der Waals surface area contributed by atoms with E-state index in [9.17, 15) is 4.79 Å². The highest BCUT2D eigenvalue weighted by molar-refractivity contribution is 14.1. The van der Waals surface area contributed by atoms with Gasteiger partial charge in [-0.1, -0.05) is 17.7 Å². The van der Waals surface area contributed by atoms with Crippen molar-refractivity contribution in [3.05, 3.63) is 66.7 Å². The Morgan fingerprint density at radius 2 is 2.05 bits per heavy atom. The Kier molecular flexibility index (Phi) is 3.81. The van der Waals surface area contributed by atoms with E-state index in [1.54, 1.807) is 13.1 Å². The normalized spacial score (nSPS) is 12.8. The number of fused-ring (bicyclic) bond motifs is 1. The van der Waals surface area contributed by atoms with E-state index in [2.05, 4.69) is 22.6 Å². The van der Waals surface area contributed by atoms with Crippen molar-refractivity contribution in [3.8, 4) is 0 Å². The molecule has 21 heavy (non-hydrogen) atoms. The van der Waals surface area contributed by atoms with Gasteiger partial charge in [0.05, 0.1) is 11.6 Å². The molecule has 0 aliphatic carbocycles. The number of hydrogen-bond donors (Lipinski definition) is 1. The number of nitrogens with zero attached hydrogens (tertiary/aromatic N) is 1. The average molecular weight is 415 g/mol. The number of aryl methyl sites for hydroxylation is 1. The summed E-state index contributed by atoms with van der Waals surface area (Å²) in [6.07, 6.45) is 0. The second-order valence-corrected chi connectivity index (χ2v) is 6.40. The molecule has 0 saturated heterocycles. The zero-order valence-electron chi connectivity index (χ0n) is 11.1. The van der Waals surface area contributed by atoms with Gasteiger partial charge in [-0.3, -0.25) is 4.57 Å². The topological polar surface area (TPSA) is 61.2 Å². The van der Waals surface area contributed by atoms with E-state index < -0.39 is 0 Å². The Morgan fingerprint density at radius 1 is 1.29 bits per heavy atom. The fraction of sp³-hybridized carbons (Fsp3) is 0.133. The summed E-state index contributed by atoms with van der Waals surface area (Å²) in [6.45, 7) is 0. The van der Waals surface area contributed by atoms with Gasteiger partial charge in [0.15, 0.2) is 5.58 Å². The zero-order valence-corrected chi connectivity index (χ0v) is 14.1. The van der Waals surface area contributed by atoms with Gasteiger partial charge in [0.25, 0.3) is 0 Å². The number of nitrogens with two attached hydrogens (primary N) is 1. The maximum absolute atomic E-state index is 11.5. The number of aromatic nitrogens is 1. The molecule has 4 nitrogen and oxygen atoms in total.